The minimum absolute atomic E-state index is 0.0855. The number of alkyl halides is 2. The van der Waals surface area contributed by atoms with Gasteiger partial charge >= 0.3 is 0 Å². The van der Waals surface area contributed by atoms with Crippen molar-refractivity contribution in [3.05, 3.63) is 0 Å². The zero-order valence-electron chi connectivity index (χ0n) is 25.3. The Balaban J connectivity index is 1.40. The number of hydrogen-bond acceptors (Lipinski definition) is 8. The molecule has 12 heteroatoms. The number of nitrogens with two attached hydrogens (primary N) is 2. The number of ether oxygens (including phenoxy) is 1. The fourth-order valence-corrected chi connectivity index (χ4v) is 7.31. The number of carbonyl (C=O) groups is 2. The van der Waals surface area contributed by atoms with E-state index in [-0.39, 0.29) is 41.8 Å². The Bertz CT molecular complexity index is 900. The number of piperidine rings is 2. The van der Waals surface area contributed by atoms with Crippen LogP contribution in [-0.2, 0) is 14.3 Å². The van der Waals surface area contributed by atoms with Crippen molar-refractivity contribution in [2.45, 2.75) is 102 Å². The molecule has 2 amide bonds. The third-order valence-corrected chi connectivity index (χ3v) is 10.3. The fourth-order valence-electron chi connectivity index (χ4n) is 7.31. The topological polar surface area (TPSA) is 138 Å². The summed E-state index contributed by atoms with van der Waals surface area (Å²) in [4.78, 5) is 30.7. The molecule has 7 atom stereocenters. The number of nitrogens with zero attached hydrogens (tertiary/aromatic N) is 2. The number of halogens is 2. The van der Waals surface area contributed by atoms with Crippen molar-refractivity contribution in [3.8, 4) is 0 Å². The monoisotopic (exact) mass is 585 g/mol. The summed E-state index contributed by atoms with van der Waals surface area (Å²) >= 11 is 0. The van der Waals surface area contributed by atoms with Gasteiger partial charge in [-0.1, -0.05) is 20.3 Å². The maximum Gasteiger partial charge on any atom is 0.227 e. The fraction of sp³-hybridized carbons (Fsp3) is 0.931. The minimum Gasteiger partial charge on any atom is -0.375 e. The SMILES string of the molecule is CC[C@]1(C)CCC(F)CNC(C(C(=O)NC2CNCC(F)C2N2CCC(C(=O)N3CC(C)(OC)C3)CC2)C(N)N)C1. The van der Waals surface area contributed by atoms with Gasteiger partial charge in [0.15, 0.2) is 0 Å². The Hall–Kier alpha value is -1.44. The van der Waals surface area contributed by atoms with Crippen LogP contribution in [0.15, 0.2) is 0 Å². The van der Waals surface area contributed by atoms with E-state index in [2.05, 4.69) is 34.7 Å². The van der Waals surface area contributed by atoms with Gasteiger partial charge in [0, 0.05) is 38.7 Å². The molecule has 0 aliphatic carbocycles. The predicted molar refractivity (Wildman–Crippen MR) is 154 cm³/mol. The van der Waals surface area contributed by atoms with E-state index in [1.165, 1.54) is 0 Å². The molecule has 0 radical (unpaired) electrons. The normalized spacial score (nSPS) is 36.2. The van der Waals surface area contributed by atoms with Crippen LogP contribution in [0.4, 0.5) is 8.78 Å². The van der Waals surface area contributed by atoms with Crippen LogP contribution in [0, 0.1) is 17.3 Å². The summed E-state index contributed by atoms with van der Waals surface area (Å²) in [7, 11) is 1.67. The first-order valence-electron chi connectivity index (χ1n) is 15.5. The molecule has 0 spiro atoms. The van der Waals surface area contributed by atoms with Gasteiger partial charge in [0.05, 0.1) is 42.9 Å². The molecule has 0 bridgehead atoms. The molecule has 4 heterocycles. The highest BCUT2D eigenvalue weighted by molar-refractivity contribution is 5.81. The van der Waals surface area contributed by atoms with Gasteiger partial charge in [-0.2, -0.15) is 0 Å². The van der Waals surface area contributed by atoms with Crippen molar-refractivity contribution in [2.75, 3.05) is 52.9 Å². The molecule has 4 aliphatic rings. The number of nitrogens with one attached hydrogen (secondary N) is 3. The van der Waals surface area contributed by atoms with Crippen LogP contribution in [0.2, 0.25) is 0 Å². The molecule has 4 fully saturated rings. The third-order valence-electron chi connectivity index (χ3n) is 10.3. The lowest BCUT2D eigenvalue weighted by Gasteiger charge is -2.49. The van der Waals surface area contributed by atoms with Gasteiger partial charge in [0.1, 0.15) is 12.3 Å². The van der Waals surface area contributed by atoms with E-state index in [4.69, 9.17) is 16.2 Å². The molecule has 4 aliphatic heterocycles. The summed E-state index contributed by atoms with van der Waals surface area (Å²) in [6, 6.07) is -1.40. The molecule has 6 unspecified atom stereocenters. The van der Waals surface area contributed by atoms with Crippen molar-refractivity contribution in [3.63, 3.8) is 0 Å². The van der Waals surface area contributed by atoms with Crippen LogP contribution in [0.5, 0.6) is 0 Å². The van der Waals surface area contributed by atoms with Crippen molar-refractivity contribution in [2.24, 2.45) is 28.7 Å². The predicted octanol–water partition coefficient (Wildman–Crippen LogP) is 0.497. The van der Waals surface area contributed by atoms with Gasteiger partial charge in [0.25, 0.3) is 0 Å². The highest BCUT2D eigenvalue weighted by atomic mass is 19.1. The zero-order chi connectivity index (χ0) is 29.9. The highest BCUT2D eigenvalue weighted by Gasteiger charge is 2.46. The van der Waals surface area contributed by atoms with Gasteiger partial charge in [-0.15, -0.1) is 0 Å². The minimum atomic E-state index is -1.18. The van der Waals surface area contributed by atoms with Crippen LogP contribution in [0.25, 0.3) is 0 Å². The lowest BCUT2D eigenvalue weighted by molar-refractivity contribution is -0.163. The summed E-state index contributed by atoms with van der Waals surface area (Å²) in [5, 5.41) is 9.44. The highest BCUT2D eigenvalue weighted by Crippen LogP contribution is 2.37. The van der Waals surface area contributed by atoms with Crippen molar-refractivity contribution in [1.82, 2.24) is 25.8 Å². The van der Waals surface area contributed by atoms with Gasteiger partial charge < -0.3 is 37.1 Å². The first-order chi connectivity index (χ1) is 19.4. The zero-order valence-corrected chi connectivity index (χ0v) is 25.3. The Morgan fingerprint density at radius 3 is 2.39 bits per heavy atom. The Kier molecular flexibility index (Phi) is 10.7. The summed E-state index contributed by atoms with van der Waals surface area (Å²) in [5.74, 6) is -1.06. The second kappa shape index (κ2) is 13.5. The quantitative estimate of drug-likeness (QED) is 0.260. The molecule has 0 saturated carbocycles. The number of likely N-dealkylation sites (tertiary alicyclic amines) is 2. The summed E-state index contributed by atoms with van der Waals surface area (Å²) in [5.41, 5.74) is 12.0. The summed E-state index contributed by atoms with van der Waals surface area (Å²) in [6.45, 7) is 9.35. The molecular formula is C29H53F2N7O3. The van der Waals surface area contributed by atoms with Gasteiger partial charge in [-0.3, -0.25) is 14.5 Å². The lowest BCUT2D eigenvalue weighted by atomic mass is 9.73. The second-order valence-electron chi connectivity index (χ2n) is 13.6. The molecule has 0 aromatic heterocycles. The van der Waals surface area contributed by atoms with Crippen LogP contribution in [-0.4, -0.2) is 117 Å². The molecule has 236 valence electrons. The Morgan fingerprint density at radius 1 is 1.10 bits per heavy atom. The van der Waals surface area contributed by atoms with E-state index in [0.717, 1.165) is 12.8 Å². The van der Waals surface area contributed by atoms with Crippen LogP contribution in [0.1, 0.15) is 59.3 Å². The number of carbonyl (C=O) groups excluding carboxylic acids is 2. The van der Waals surface area contributed by atoms with E-state index < -0.39 is 42.6 Å². The number of methoxy groups -OCH3 is 1. The third kappa shape index (κ3) is 7.56. The van der Waals surface area contributed by atoms with Crippen molar-refractivity contribution >= 4 is 11.8 Å². The smallest absolute Gasteiger partial charge is 0.227 e. The van der Waals surface area contributed by atoms with E-state index >= 15 is 4.39 Å². The number of rotatable bonds is 8. The largest absolute Gasteiger partial charge is 0.375 e. The molecule has 41 heavy (non-hydrogen) atoms. The molecule has 4 rings (SSSR count). The molecule has 0 aromatic carbocycles. The van der Waals surface area contributed by atoms with Gasteiger partial charge in [-0.25, -0.2) is 8.78 Å². The van der Waals surface area contributed by atoms with Crippen LogP contribution < -0.4 is 27.4 Å². The number of amides is 2. The lowest BCUT2D eigenvalue weighted by Crippen LogP contribution is -2.68. The maximum absolute atomic E-state index is 15.5. The van der Waals surface area contributed by atoms with Gasteiger partial charge in [0.2, 0.25) is 11.8 Å². The van der Waals surface area contributed by atoms with Crippen molar-refractivity contribution in [1.29, 1.82) is 0 Å². The molecule has 4 saturated heterocycles. The Morgan fingerprint density at radius 2 is 1.78 bits per heavy atom. The first kappa shape index (κ1) is 32.5. The summed E-state index contributed by atoms with van der Waals surface area (Å²) < 4.78 is 35.4. The number of hydrogen-bond donors (Lipinski definition) is 5. The standard InChI is InChI=1S/C29H53F2N7O3/c1-5-28(2)9-6-19(30)13-35-21(12-28)23(25(32)33)26(39)36-22-15-34-14-20(31)24(22)37-10-7-18(8-11-37)27(40)38-16-29(3,17-38)41-4/h18-25,34-35H,5-17,32-33H2,1-4H3,(H,36,39)/t19?,20?,21?,22?,23?,24?,28-/m1/s1. The van der Waals surface area contributed by atoms with Crippen LogP contribution >= 0.6 is 0 Å². The van der Waals surface area contributed by atoms with Crippen molar-refractivity contribution < 1.29 is 23.1 Å². The summed E-state index contributed by atoms with van der Waals surface area (Å²) in [6.07, 6.45) is 0.890. The van der Waals surface area contributed by atoms with E-state index in [0.29, 0.717) is 58.4 Å². The second-order valence-corrected chi connectivity index (χ2v) is 13.6. The molecule has 10 nitrogen and oxygen atoms in total. The van der Waals surface area contributed by atoms with E-state index in [1.807, 2.05) is 11.8 Å². The van der Waals surface area contributed by atoms with E-state index in [1.54, 1.807) is 7.11 Å². The Labute approximate surface area is 244 Å². The maximum atomic E-state index is 15.5. The van der Waals surface area contributed by atoms with Crippen LogP contribution in [0.3, 0.4) is 0 Å². The first-order valence-corrected chi connectivity index (χ1v) is 15.5. The molecular weight excluding hydrogens is 532 g/mol. The van der Waals surface area contributed by atoms with E-state index in [9.17, 15) is 14.0 Å². The van der Waals surface area contributed by atoms with Gasteiger partial charge in [-0.05, 0) is 57.5 Å². The average molecular weight is 586 g/mol. The average Bonchev–Trinajstić information content (AvgIpc) is 2.92. The molecule has 7 N–H and O–H groups in total. The molecule has 0 aromatic rings.